The lowest BCUT2D eigenvalue weighted by molar-refractivity contribution is 0.453. The fourth-order valence-electron chi connectivity index (χ4n) is 2.85. The molecule has 0 radical (unpaired) electrons. The molecule has 6 heteroatoms. The average Bonchev–Trinajstić information content (AvgIpc) is 3.04. The Labute approximate surface area is 132 Å². The third-order valence-electron chi connectivity index (χ3n) is 4.00. The quantitative estimate of drug-likeness (QED) is 0.595. The number of nitrogens with one attached hydrogen (secondary N) is 1. The molecule has 0 aliphatic carbocycles. The van der Waals surface area contributed by atoms with Crippen LogP contribution in [0.2, 0.25) is 0 Å². The van der Waals surface area contributed by atoms with E-state index in [1.165, 1.54) is 0 Å². The second-order valence-electron chi connectivity index (χ2n) is 5.42. The Kier molecular flexibility index (Phi) is 2.90. The first-order valence-corrected chi connectivity index (χ1v) is 7.27. The predicted molar refractivity (Wildman–Crippen MR) is 89.7 cm³/mol. The van der Waals surface area contributed by atoms with Gasteiger partial charge >= 0.3 is 0 Å². The number of hydrogen-bond donors (Lipinski definition) is 2. The van der Waals surface area contributed by atoms with E-state index in [0.717, 1.165) is 38.9 Å². The minimum atomic E-state index is 0.0177. The van der Waals surface area contributed by atoms with E-state index in [4.69, 9.17) is 0 Å². The van der Waals surface area contributed by atoms with Crippen molar-refractivity contribution in [3.05, 3.63) is 48.4 Å². The fourth-order valence-corrected chi connectivity index (χ4v) is 2.85. The largest absolute Gasteiger partial charge is 0.493 e. The first-order valence-electron chi connectivity index (χ1n) is 7.27. The SMILES string of the molecule is CNc1cc2c(cn1)cc(-c1cnc(O)cc1C)n1nccc21. The van der Waals surface area contributed by atoms with E-state index in [2.05, 4.69) is 20.4 Å². The third kappa shape index (κ3) is 2.07. The molecule has 0 bridgehead atoms. The lowest BCUT2D eigenvalue weighted by Gasteiger charge is -2.11. The number of rotatable bonds is 2. The van der Waals surface area contributed by atoms with Crippen LogP contribution in [0, 0.1) is 6.92 Å². The molecule has 4 aromatic rings. The van der Waals surface area contributed by atoms with Crippen molar-refractivity contribution >= 4 is 22.1 Å². The van der Waals surface area contributed by atoms with Crippen LogP contribution < -0.4 is 5.32 Å². The van der Waals surface area contributed by atoms with Gasteiger partial charge in [-0.05, 0) is 30.7 Å². The standard InChI is InChI=1S/C17H15N5O/c1-10-5-17(23)20-9-13(10)15-6-11-8-19-16(18-2)7-12(11)14-3-4-21-22(14)15/h3-9H,1-2H3,(H,18,19)(H,20,23). The van der Waals surface area contributed by atoms with Crippen LogP contribution in [0.5, 0.6) is 5.88 Å². The summed E-state index contributed by atoms with van der Waals surface area (Å²) in [6.45, 7) is 1.94. The molecule has 4 rings (SSSR count). The summed E-state index contributed by atoms with van der Waals surface area (Å²) in [6, 6.07) is 7.69. The zero-order valence-electron chi connectivity index (χ0n) is 12.8. The van der Waals surface area contributed by atoms with Crippen molar-refractivity contribution in [2.75, 3.05) is 12.4 Å². The summed E-state index contributed by atoms with van der Waals surface area (Å²) in [7, 11) is 1.85. The summed E-state index contributed by atoms with van der Waals surface area (Å²) < 4.78 is 1.89. The summed E-state index contributed by atoms with van der Waals surface area (Å²) in [4.78, 5) is 8.40. The molecule has 0 fully saturated rings. The number of aromatic hydroxyl groups is 1. The van der Waals surface area contributed by atoms with Crippen molar-refractivity contribution in [3.63, 3.8) is 0 Å². The highest BCUT2D eigenvalue weighted by Gasteiger charge is 2.12. The number of anilines is 1. The van der Waals surface area contributed by atoms with Gasteiger partial charge in [0.1, 0.15) is 5.82 Å². The van der Waals surface area contributed by atoms with Crippen molar-refractivity contribution in [1.82, 2.24) is 19.6 Å². The van der Waals surface area contributed by atoms with Gasteiger partial charge in [-0.2, -0.15) is 5.10 Å². The molecule has 0 spiro atoms. The van der Waals surface area contributed by atoms with Gasteiger partial charge in [0.15, 0.2) is 0 Å². The predicted octanol–water partition coefficient (Wildman–Crippen LogP) is 3.00. The van der Waals surface area contributed by atoms with Crippen LogP contribution in [-0.2, 0) is 0 Å². The first-order chi connectivity index (χ1) is 11.2. The van der Waals surface area contributed by atoms with Crippen molar-refractivity contribution in [2.24, 2.45) is 0 Å². The molecule has 2 N–H and O–H groups in total. The molecule has 0 aliphatic rings. The highest BCUT2D eigenvalue weighted by Crippen LogP contribution is 2.30. The van der Waals surface area contributed by atoms with Crippen LogP contribution in [0.1, 0.15) is 5.56 Å². The minimum absolute atomic E-state index is 0.0177. The molecule has 4 heterocycles. The summed E-state index contributed by atoms with van der Waals surface area (Å²) >= 11 is 0. The normalized spacial score (nSPS) is 11.2. The van der Waals surface area contributed by atoms with E-state index in [1.807, 2.05) is 42.9 Å². The van der Waals surface area contributed by atoms with Crippen LogP contribution in [0.25, 0.3) is 27.5 Å². The van der Waals surface area contributed by atoms with Crippen LogP contribution in [-0.4, -0.2) is 31.7 Å². The summed E-state index contributed by atoms with van der Waals surface area (Å²) in [5.74, 6) is 0.833. The molecule has 0 aliphatic heterocycles. The highest BCUT2D eigenvalue weighted by atomic mass is 16.3. The van der Waals surface area contributed by atoms with Gasteiger partial charge in [-0.1, -0.05) is 0 Å². The number of nitrogens with zero attached hydrogens (tertiary/aromatic N) is 4. The Hall–Kier alpha value is -3.15. The molecular weight excluding hydrogens is 290 g/mol. The molecule has 0 unspecified atom stereocenters. The molecular formula is C17H15N5O. The molecule has 23 heavy (non-hydrogen) atoms. The molecule has 4 aromatic heterocycles. The van der Waals surface area contributed by atoms with E-state index >= 15 is 0 Å². The number of aromatic nitrogens is 4. The van der Waals surface area contributed by atoms with Gasteiger partial charge in [-0.3, -0.25) is 0 Å². The Balaban J connectivity index is 2.08. The fraction of sp³-hybridized carbons (Fsp3) is 0.118. The van der Waals surface area contributed by atoms with Gasteiger partial charge in [0.2, 0.25) is 5.88 Å². The molecule has 0 saturated carbocycles. The minimum Gasteiger partial charge on any atom is -0.493 e. The van der Waals surface area contributed by atoms with Crippen LogP contribution >= 0.6 is 0 Å². The molecule has 0 aromatic carbocycles. The topological polar surface area (TPSA) is 75.3 Å². The van der Waals surface area contributed by atoms with E-state index in [9.17, 15) is 5.11 Å². The zero-order chi connectivity index (χ0) is 16.0. The molecule has 6 nitrogen and oxygen atoms in total. The van der Waals surface area contributed by atoms with Gasteiger partial charge < -0.3 is 10.4 Å². The van der Waals surface area contributed by atoms with Crippen molar-refractivity contribution in [1.29, 1.82) is 0 Å². The van der Waals surface area contributed by atoms with Crippen molar-refractivity contribution in [3.8, 4) is 17.1 Å². The molecule has 114 valence electrons. The van der Waals surface area contributed by atoms with Crippen LogP contribution in [0.3, 0.4) is 0 Å². The van der Waals surface area contributed by atoms with Gasteiger partial charge in [0, 0.05) is 41.8 Å². The maximum atomic E-state index is 9.54. The number of aryl methyl sites for hydroxylation is 1. The van der Waals surface area contributed by atoms with Crippen molar-refractivity contribution < 1.29 is 5.11 Å². The van der Waals surface area contributed by atoms with E-state index in [0.29, 0.717) is 0 Å². The summed E-state index contributed by atoms with van der Waals surface area (Å²) in [6.07, 6.45) is 5.30. The monoisotopic (exact) mass is 305 g/mol. The summed E-state index contributed by atoms with van der Waals surface area (Å²) in [5, 5.41) is 19.2. The molecule has 0 amide bonds. The lowest BCUT2D eigenvalue weighted by atomic mass is 10.0. The number of hydrogen-bond acceptors (Lipinski definition) is 5. The second-order valence-corrected chi connectivity index (χ2v) is 5.42. The Morgan fingerprint density at radius 1 is 1.13 bits per heavy atom. The van der Waals surface area contributed by atoms with Gasteiger partial charge in [0.05, 0.1) is 17.4 Å². The molecule has 0 atom stereocenters. The Morgan fingerprint density at radius 3 is 2.78 bits per heavy atom. The summed E-state index contributed by atoms with van der Waals surface area (Å²) in [5.41, 5.74) is 3.79. The highest BCUT2D eigenvalue weighted by molar-refractivity contribution is 5.99. The third-order valence-corrected chi connectivity index (χ3v) is 4.00. The zero-order valence-corrected chi connectivity index (χ0v) is 12.8. The van der Waals surface area contributed by atoms with Crippen LogP contribution in [0.15, 0.2) is 42.9 Å². The van der Waals surface area contributed by atoms with E-state index in [1.54, 1.807) is 18.5 Å². The number of fused-ring (bicyclic) bond motifs is 3. The first kappa shape index (κ1) is 13.5. The van der Waals surface area contributed by atoms with E-state index in [-0.39, 0.29) is 5.88 Å². The Bertz CT molecular complexity index is 1040. The maximum absolute atomic E-state index is 9.54. The smallest absolute Gasteiger partial charge is 0.210 e. The van der Waals surface area contributed by atoms with Gasteiger partial charge in [-0.15, -0.1) is 0 Å². The Morgan fingerprint density at radius 2 is 2.00 bits per heavy atom. The van der Waals surface area contributed by atoms with Crippen molar-refractivity contribution in [2.45, 2.75) is 6.92 Å². The van der Waals surface area contributed by atoms with E-state index < -0.39 is 0 Å². The lowest BCUT2D eigenvalue weighted by Crippen LogP contribution is -1.98. The van der Waals surface area contributed by atoms with Gasteiger partial charge in [0.25, 0.3) is 0 Å². The number of pyridine rings is 3. The van der Waals surface area contributed by atoms with Gasteiger partial charge in [-0.25, -0.2) is 14.5 Å². The second kappa shape index (κ2) is 4.95. The van der Waals surface area contributed by atoms with Crippen LogP contribution in [0.4, 0.5) is 5.82 Å². The average molecular weight is 305 g/mol. The maximum Gasteiger partial charge on any atom is 0.210 e. The molecule has 0 saturated heterocycles.